The molecule has 0 radical (unpaired) electrons. The van der Waals surface area contributed by atoms with Gasteiger partial charge in [-0.05, 0) is 6.07 Å². The summed E-state index contributed by atoms with van der Waals surface area (Å²) in [6, 6.07) is 4.51. The monoisotopic (exact) mass is 303 g/mol. The minimum atomic E-state index is -0.482. The molecular formula is C10H7Cl2N3O2S. The average molecular weight is 304 g/mol. The summed E-state index contributed by atoms with van der Waals surface area (Å²) in [5.74, 6) is 0.430. The third kappa shape index (κ3) is 2.60. The SMILES string of the molecule is O=[N+]([O-])c1cccc(Cl)c1-c1nnc(CCCl)s1. The summed E-state index contributed by atoms with van der Waals surface area (Å²) in [6.45, 7) is 0. The van der Waals surface area contributed by atoms with Crippen LogP contribution in [0.25, 0.3) is 10.6 Å². The van der Waals surface area contributed by atoms with E-state index in [0.29, 0.717) is 22.9 Å². The fourth-order valence-corrected chi connectivity index (χ4v) is 2.93. The first-order chi connectivity index (χ1) is 8.63. The molecule has 1 aromatic carbocycles. The molecule has 0 unspecified atom stereocenters. The number of aromatic nitrogens is 2. The highest BCUT2D eigenvalue weighted by Gasteiger charge is 2.21. The molecule has 8 heteroatoms. The number of nitro groups is 1. The van der Waals surface area contributed by atoms with Crippen LogP contribution in [0.15, 0.2) is 18.2 Å². The maximum atomic E-state index is 11.0. The second-order valence-corrected chi connectivity index (χ2v) is 5.18. The quantitative estimate of drug-likeness (QED) is 0.492. The van der Waals surface area contributed by atoms with Crippen LogP contribution in [0.2, 0.25) is 5.02 Å². The first-order valence-electron chi connectivity index (χ1n) is 4.95. The Labute approximate surface area is 117 Å². The maximum absolute atomic E-state index is 11.0. The van der Waals surface area contributed by atoms with Crippen LogP contribution in [-0.4, -0.2) is 21.0 Å². The predicted octanol–water partition coefficient (Wildman–Crippen LogP) is 3.55. The number of benzene rings is 1. The molecular weight excluding hydrogens is 297 g/mol. The van der Waals surface area contributed by atoms with Crippen LogP contribution in [0.3, 0.4) is 0 Å². The van der Waals surface area contributed by atoms with Gasteiger partial charge in [-0.25, -0.2) is 0 Å². The Morgan fingerprint density at radius 1 is 1.39 bits per heavy atom. The van der Waals surface area contributed by atoms with Gasteiger partial charge in [0.05, 0.1) is 9.95 Å². The van der Waals surface area contributed by atoms with Crippen molar-refractivity contribution in [2.75, 3.05) is 5.88 Å². The van der Waals surface area contributed by atoms with Crippen molar-refractivity contribution in [2.45, 2.75) is 6.42 Å². The van der Waals surface area contributed by atoms with E-state index in [9.17, 15) is 10.1 Å². The average Bonchev–Trinajstić information content (AvgIpc) is 2.77. The first kappa shape index (κ1) is 13.2. The van der Waals surface area contributed by atoms with Gasteiger partial charge < -0.3 is 0 Å². The Morgan fingerprint density at radius 3 is 2.83 bits per heavy atom. The Morgan fingerprint density at radius 2 is 2.17 bits per heavy atom. The highest BCUT2D eigenvalue weighted by Crippen LogP contribution is 2.37. The first-order valence-corrected chi connectivity index (χ1v) is 6.68. The molecule has 0 atom stereocenters. The van der Waals surface area contributed by atoms with E-state index in [4.69, 9.17) is 23.2 Å². The lowest BCUT2D eigenvalue weighted by molar-refractivity contribution is -0.384. The van der Waals surface area contributed by atoms with Gasteiger partial charge in [-0.1, -0.05) is 29.0 Å². The van der Waals surface area contributed by atoms with Crippen LogP contribution in [0, 0.1) is 10.1 Å². The molecule has 0 aliphatic rings. The number of halogens is 2. The summed E-state index contributed by atoms with van der Waals surface area (Å²) in [4.78, 5) is 10.5. The minimum Gasteiger partial charge on any atom is -0.258 e. The second kappa shape index (κ2) is 5.60. The third-order valence-corrected chi connectivity index (χ3v) is 3.68. The number of hydrogen-bond acceptors (Lipinski definition) is 5. The Kier molecular flexibility index (Phi) is 4.11. The van der Waals surface area contributed by atoms with Crippen molar-refractivity contribution < 1.29 is 4.92 Å². The fourth-order valence-electron chi connectivity index (χ4n) is 1.41. The molecule has 0 saturated carbocycles. The zero-order valence-corrected chi connectivity index (χ0v) is 11.3. The summed E-state index contributed by atoms with van der Waals surface area (Å²) in [7, 11) is 0. The van der Waals surface area contributed by atoms with E-state index in [0.717, 1.165) is 5.01 Å². The van der Waals surface area contributed by atoms with E-state index in [2.05, 4.69) is 10.2 Å². The van der Waals surface area contributed by atoms with Gasteiger partial charge in [-0.3, -0.25) is 10.1 Å². The van der Waals surface area contributed by atoms with Gasteiger partial charge in [0.15, 0.2) is 5.01 Å². The van der Waals surface area contributed by atoms with E-state index < -0.39 is 4.92 Å². The number of nitrogens with zero attached hydrogens (tertiary/aromatic N) is 3. The van der Waals surface area contributed by atoms with E-state index in [1.54, 1.807) is 6.07 Å². The van der Waals surface area contributed by atoms with Gasteiger partial charge in [0.2, 0.25) is 0 Å². The molecule has 2 aromatic rings. The van der Waals surface area contributed by atoms with Crippen molar-refractivity contribution in [2.24, 2.45) is 0 Å². The van der Waals surface area contributed by atoms with Crippen LogP contribution in [-0.2, 0) is 6.42 Å². The Balaban J connectivity index is 2.51. The van der Waals surface area contributed by atoms with E-state index in [-0.39, 0.29) is 10.7 Å². The molecule has 94 valence electrons. The highest BCUT2D eigenvalue weighted by molar-refractivity contribution is 7.14. The van der Waals surface area contributed by atoms with Gasteiger partial charge >= 0.3 is 0 Å². The Bertz CT molecular complexity index is 588. The van der Waals surface area contributed by atoms with Gasteiger partial charge in [0, 0.05) is 18.4 Å². The number of rotatable bonds is 4. The van der Waals surface area contributed by atoms with Crippen LogP contribution >= 0.6 is 34.5 Å². The van der Waals surface area contributed by atoms with Crippen LogP contribution in [0.5, 0.6) is 0 Å². The summed E-state index contributed by atoms with van der Waals surface area (Å²) >= 11 is 12.9. The summed E-state index contributed by atoms with van der Waals surface area (Å²) in [6.07, 6.45) is 0.581. The largest absolute Gasteiger partial charge is 0.281 e. The van der Waals surface area contributed by atoms with Gasteiger partial charge in [-0.15, -0.1) is 21.8 Å². The minimum absolute atomic E-state index is 0.0731. The molecule has 0 amide bonds. The normalized spacial score (nSPS) is 10.6. The maximum Gasteiger partial charge on any atom is 0.281 e. The van der Waals surface area contributed by atoms with E-state index in [1.165, 1.54) is 23.5 Å². The lowest BCUT2D eigenvalue weighted by Crippen LogP contribution is -1.92. The number of alkyl halides is 1. The molecule has 0 saturated heterocycles. The smallest absolute Gasteiger partial charge is 0.258 e. The van der Waals surface area contributed by atoms with Crippen LogP contribution in [0.4, 0.5) is 5.69 Å². The molecule has 1 heterocycles. The van der Waals surface area contributed by atoms with E-state index in [1.807, 2.05) is 0 Å². The molecule has 0 bridgehead atoms. The number of aryl methyl sites for hydroxylation is 1. The zero-order chi connectivity index (χ0) is 13.1. The Hall–Kier alpha value is -1.24. The van der Waals surface area contributed by atoms with E-state index >= 15 is 0 Å². The molecule has 5 nitrogen and oxygen atoms in total. The lowest BCUT2D eigenvalue weighted by Gasteiger charge is -2.00. The zero-order valence-electron chi connectivity index (χ0n) is 8.97. The summed E-state index contributed by atoms with van der Waals surface area (Å²) in [5, 5.41) is 20.3. The predicted molar refractivity (Wildman–Crippen MR) is 71.4 cm³/mol. The van der Waals surface area contributed by atoms with Crippen molar-refractivity contribution in [1.29, 1.82) is 0 Å². The van der Waals surface area contributed by atoms with Crippen molar-refractivity contribution in [1.82, 2.24) is 10.2 Å². The van der Waals surface area contributed by atoms with Crippen LogP contribution in [0.1, 0.15) is 5.01 Å². The lowest BCUT2D eigenvalue weighted by atomic mass is 10.2. The summed E-state index contributed by atoms with van der Waals surface area (Å²) < 4.78 is 0. The molecule has 1 aromatic heterocycles. The third-order valence-electron chi connectivity index (χ3n) is 2.18. The molecule has 0 aliphatic carbocycles. The van der Waals surface area contributed by atoms with Crippen molar-refractivity contribution in [3.05, 3.63) is 38.3 Å². The summed E-state index contributed by atoms with van der Waals surface area (Å²) in [5.41, 5.74) is 0.235. The van der Waals surface area contributed by atoms with Crippen molar-refractivity contribution in [3.63, 3.8) is 0 Å². The fraction of sp³-hybridized carbons (Fsp3) is 0.200. The topological polar surface area (TPSA) is 68.9 Å². The van der Waals surface area contributed by atoms with Crippen LogP contribution < -0.4 is 0 Å². The molecule has 0 aliphatic heterocycles. The molecule has 0 fully saturated rings. The highest BCUT2D eigenvalue weighted by atomic mass is 35.5. The standard InChI is InChI=1S/C10H7Cl2N3O2S/c11-5-4-8-13-14-10(18-8)9-6(12)2-1-3-7(9)15(16)17/h1-3H,4-5H2. The number of hydrogen-bond donors (Lipinski definition) is 0. The molecule has 18 heavy (non-hydrogen) atoms. The van der Waals surface area contributed by atoms with Gasteiger partial charge in [0.25, 0.3) is 5.69 Å². The second-order valence-electron chi connectivity index (χ2n) is 3.33. The van der Waals surface area contributed by atoms with Gasteiger partial charge in [0.1, 0.15) is 10.6 Å². The number of nitro benzene ring substituents is 1. The van der Waals surface area contributed by atoms with Gasteiger partial charge in [-0.2, -0.15) is 0 Å². The van der Waals surface area contributed by atoms with Crippen molar-refractivity contribution >= 4 is 40.2 Å². The van der Waals surface area contributed by atoms with Crippen molar-refractivity contribution in [3.8, 4) is 10.6 Å². The molecule has 0 spiro atoms. The molecule has 0 N–H and O–H groups in total. The molecule has 2 rings (SSSR count).